The van der Waals surface area contributed by atoms with Crippen molar-refractivity contribution in [3.05, 3.63) is 42.0 Å². The van der Waals surface area contributed by atoms with Crippen LogP contribution in [0.5, 0.6) is 0 Å². The van der Waals surface area contributed by atoms with Gasteiger partial charge in [0.2, 0.25) is 11.8 Å². The van der Waals surface area contributed by atoms with E-state index in [9.17, 15) is 13.2 Å². The second-order valence-corrected chi connectivity index (χ2v) is 8.38. The number of nitrogens with zero attached hydrogens (tertiary/aromatic N) is 3. The zero-order valence-electron chi connectivity index (χ0n) is 14.1. The molecule has 0 unspecified atom stereocenters. The molecule has 0 N–H and O–H groups in total. The summed E-state index contributed by atoms with van der Waals surface area (Å²) < 4.78 is 29.6. The molecule has 1 heterocycles. The summed E-state index contributed by atoms with van der Waals surface area (Å²) in [7, 11) is -1.79. The van der Waals surface area contributed by atoms with E-state index in [1.807, 2.05) is 0 Å². The maximum atomic E-state index is 12.2. The predicted molar refractivity (Wildman–Crippen MR) is 90.7 cm³/mol. The molecule has 0 aliphatic heterocycles. The Balaban J connectivity index is 1.47. The highest BCUT2D eigenvalue weighted by molar-refractivity contribution is 7.91. The SMILES string of the molecule is CN(CCc1noc(C2CC2)n1)C(=O)CCS(=O)(=O)c1ccccc1. The third-order valence-corrected chi connectivity index (χ3v) is 5.93. The molecule has 134 valence electrons. The van der Waals surface area contributed by atoms with E-state index < -0.39 is 9.84 Å². The molecule has 1 aromatic heterocycles. The average molecular weight is 363 g/mol. The summed E-state index contributed by atoms with van der Waals surface area (Å²) in [6.07, 6.45) is 2.63. The zero-order chi connectivity index (χ0) is 17.9. The van der Waals surface area contributed by atoms with Gasteiger partial charge in [-0.2, -0.15) is 4.98 Å². The molecule has 0 radical (unpaired) electrons. The van der Waals surface area contributed by atoms with E-state index in [0.717, 1.165) is 12.8 Å². The van der Waals surface area contributed by atoms with Crippen molar-refractivity contribution in [2.45, 2.75) is 36.5 Å². The van der Waals surface area contributed by atoms with Gasteiger partial charge in [0.25, 0.3) is 0 Å². The van der Waals surface area contributed by atoms with E-state index in [1.165, 1.54) is 17.0 Å². The number of carbonyl (C=O) groups excluding carboxylic acids is 1. The van der Waals surface area contributed by atoms with Crippen molar-refractivity contribution in [1.82, 2.24) is 15.0 Å². The van der Waals surface area contributed by atoms with Crippen LogP contribution in [0.15, 0.2) is 39.8 Å². The molecule has 1 aromatic carbocycles. The van der Waals surface area contributed by atoms with E-state index >= 15 is 0 Å². The van der Waals surface area contributed by atoms with E-state index in [0.29, 0.717) is 30.6 Å². The summed E-state index contributed by atoms with van der Waals surface area (Å²) >= 11 is 0. The largest absolute Gasteiger partial charge is 0.345 e. The first kappa shape index (κ1) is 17.6. The molecule has 25 heavy (non-hydrogen) atoms. The minimum absolute atomic E-state index is 0.0483. The van der Waals surface area contributed by atoms with Crippen LogP contribution < -0.4 is 0 Å². The standard InChI is InChI=1S/C17H21N3O4S/c1-20(11-9-15-18-17(24-19-15)13-7-8-13)16(21)10-12-25(22,23)14-5-3-2-4-6-14/h2-6,13H,7-12H2,1H3. The van der Waals surface area contributed by atoms with Crippen LogP contribution in [0.2, 0.25) is 0 Å². The smallest absolute Gasteiger partial charge is 0.229 e. The molecule has 0 spiro atoms. The van der Waals surface area contributed by atoms with Crippen molar-refractivity contribution in [3.63, 3.8) is 0 Å². The number of rotatable bonds is 8. The van der Waals surface area contributed by atoms with Crippen molar-refractivity contribution in [1.29, 1.82) is 0 Å². The molecule has 2 aromatic rings. The van der Waals surface area contributed by atoms with Crippen LogP contribution >= 0.6 is 0 Å². The van der Waals surface area contributed by atoms with Gasteiger partial charge < -0.3 is 9.42 Å². The number of carbonyl (C=O) groups is 1. The maximum Gasteiger partial charge on any atom is 0.229 e. The van der Waals surface area contributed by atoms with Crippen LogP contribution in [0, 0.1) is 0 Å². The van der Waals surface area contributed by atoms with Crippen molar-refractivity contribution in [2.24, 2.45) is 0 Å². The van der Waals surface area contributed by atoms with Gasteiger partial charge in [0, 0.05) is 32.4 Å². The first-order valence-electron chi connectivity index (χ1n) is 8.30. The number of likely N-dealkylation sites (N-methyl/N-ethyl adjacent to an activating group) is 1. The van der Waals surface area contributed by atoms with Crippen molar-refractivity contribution >= 4 is 15.7 Å². The number of sulfone groups is 1. The van der Waals surface area contributed by atoms with Crippen molar-refractivity contribution in [3.8, 4) is 0 Å². The van der Waals surface area contributed by atoms with Gasteiger partial charge in [-0.25, -0.2) is 8.42 Å². The second kappa shape index (κ2) is 7.35. The van der Waals surface area contributed by atoms with Gasteiger partial charge in [-0.1, -0.05) is 23.4 Å². The Morgan fingerprint density at radius 3 is 2.68 bits per heavy atom. The molecule has 1 amide bonds. The molecular formula is C17H21N3O4S. The normalized spacial score (nSPS) is 14.4. The van der Waals surface area contributed by atoms with Crippen molar-refractivity contribution in [2.75, 3.05) is 19.3 Å². The third kappa shape index (κ3) is 4.66. The van der Waals surface area contributed by atoms with Gasteiger partial charge in [-0.15, -0.1) is 0 Å². The molecule has 3 rings (SSSR count). The molecular weight excluding hydrogens is 342 g/mol. The highest BCUT2D eigenvalue weighted by Crippen LogP contribution is 2.38. The monoisotopic (exact) mass is 363 g/mol. The van der Waals surface area contributed by atoms with E-state index in [4.69, 9.17) is 4.52 Å². The Labute approximate surface area is 146 Å². The molecule has 0 atom stereocenters. The first-order chi connectivity index (χ1) is 12.0. The fraction of sp³-hybridized carbons (Fsp3) is 0.471. The predicted octanol–water partition coefficient (Wildman–Crippen LogP) is 1.81. The summed E-state index contributed by atoms with van der Waals surface area (Å²) in [6, 6.07) is 8.17. The lowest BCUT2D eigenvalue weighted by molar-refractivity contribution is -0.129. The lowest BCUT2D eigenvalue weighted by Crippen LogP contribution is -2.30. The van der Waals surface area contributed by atoms with Crippen LogP contribution in [-0.4, -0.2) is 48.7 Å². The quantitative estimate of drug-likeness (QED) is 0.710. The Kier molecular flexibility index (Phi) is 5.17. The van der Waals surface area contributed by atoms with Gasteiger partial charge in [0.1, 0.15) is 0 Å². The van der Waals surface area contributed by atoms with Crippen LogP contribution in [0.25, 0.3) is 0 Å². The van der Waals surface area contributed by atoms with E-state index in [1.54, 1.807) is 25.2 Å². The van der Waals surface area contributed by atoms with Crippen LogP contribution in [0.1, 0.15) is 36.9 Å². The van der Waals surface area contributed by atoms with Crippen LogP contribution in [0.4, 0.5) is 0 Å². The second-order valence-electron chi connectivity index (χ2n) is 6.27. The number of hydrogen-bond donors (Lipinski definition) is 0. The van der Waals surface area contributed by atoms with E-state index in [2.05, 4.69) is 10.1 Å². The average Bonchev–Trinajstić information content (AvgIpc) is 3.37. The Morgan fingerprint density at radius 2 is 2.00 bits per heavy atom. The summed E-state index contributed by atoms with van der Waals surface area (Å²) in [5.41, 5.74) is 0. The first-order valence-corrected chi connectivity index (χ1v) is 9.95. The van der Waals surface area contributed by atoms with Gasteiger partial charge in [-0.3, -0.25) is 4.79 Å². The minimum atomic E-state index is -3.44. The van der Waals surface area contributed by atoms with Crippen LogP contribution in [-0.2, 0) is 21.1 Å². The topological polar surface area (TPSA) is 93.4 Å². The van der Waals surface area contributed by atoms with E-state index in [-0.39, 0.29) is 23.0 Å². The van der Waals surface area contributed by atoms with Crippen molar-refractivity contribution < 1.29 is 17.7 Å². The molecule has 1 fully saturated rings. The summed E-state index contributed by atoms with van der Waals surface area (Å²) in [4.78, 5) is 18.2. The van der Waals surface area contributed by atoms with Gasteiger partial charge in [-0.05, 0) is 25.0 Å². The third-order valence-electron chi connectivity index (χ3n) is 4.19. The summed E-state index contributed by atoms with van der Waals surface area (Å²) in [6.45, 7) is 0.424. The lowest BCUT2D eigenvalue weighted by Gasteiger charge is -2.16. The highest BCUT2D eigenvalue weighted by atomic mass is 32.2. The molecule has 7 nitrogen and oxygen atoms in total. The molecule has 1 aliphatic rings. The van der Waals surface area contributed by atoms with Gasteiger partial charge in [0.15, 0.2) is 15.7 Å². The molecule has 0 saturated heterocycles. The molecule has 8 heteroatoms. The fourth-order valence-corrected chi connectivity index (χ4v) is 3.67. The van der Waals surface area contributed by atoms with Gasteiger partial charge in [0.05, 0.1) is 10.6 Å². The number of aromatic nitrogens is 2. The summed E-state index contributed by atoms with van der Waals surface area (Å²) in [5, 5.41) is 3.91. The fourth-order valence-electron chi connectivity index (χ4n) is 2.42. The van der Waals surface area contributed by atoms with Gasteiger partial charge >= 0.3 is 0 Å². The number of hydrogen-bond acceptors (Lipinski definition) is 6. The Bertz CT molecular complexity index is 829. The molecule has 1 saturated carbocycles. The molecule has 0 bridgehead atoms. The molecule has 1 aliphatic carbocycles. The zero-order valence-corrected chi connectivity index (χ0v) is 14.9. The van der Waals surface area contributed by atoms with Crippen LogP contribution in [0.3, 0.4) is 0 Å². The number of benzene rings is 1. The summed E-state index contributed by atoms with van der Waals surface area (Å²) in [5.74, 6) is 1.25. The Morgan fingerprint density at radius 1 is 1.28 bits per heavy atom. The Hall–Kier alpha value is -2.22. The number of amides is 1. The maximum absolute atomic E-state index is 12.2. The lowest BCUT2D eigenvalue weighted by atomic mass is 10.3. The minimum Gasteiger partial charge on any atom is -0.345 e. The highest BCUT2D eigenvalue weighted by Gasteiger charge is 2.29.